The monoisotopic (exact) mass is 150 g/mol. The molecule has 0 amide bonds. The highest BCUT2D eigenvalue weighted by molar-refractivity contribution is 6.02. The molecule has 0 saturated carbocycles. The molecular formula is C8H10N2O. The zero-order valence-corrected chi connectivity index (χ0v) is 6.59. The second-order valence-corrected chi connectivity index (χ2v) is 2.30. The van der Waals surface area contributed by atoms with Gasteiger partial charge >= 0.3 is 0 Å². The first-order valence-corrected chi connectivity index (χ1v) is 3.43. The number of hydrogen-bond donors (Lipinski definition) is 1. The van der Waals surface area contributed by atoms with Gasteiger partial charge in [0.05, 0.1) is 0 Å². The quantitative estimate of drug-likeness (QED) is 0.512. The molecule has 0 aliphatic heterocycles. The van der Waals surface area contributed by atoms with Crippen molar-refractivity contribution < 1.29 is 4.79 Å². The number of aryl methyl sites for hydroxylation is 1. The molecule has 0 radical (unpaired) electrons. The summed E-state index contributed by atoms with van der Waals surface area (Å²) in [6, 6.07) is 1.72. The average molecular weight is 150 g/mol. The van der Waals surface area contributed by atoms with Crippen LogP contribution in [0.4, 0.5) is 0 Å². The third kappa shape index (κ3) is 1.77. The summed E-state index contributed by atoms with van der Waals surface area (Å²) in [7, 11) is 0. The van der Waals surface area contributed by atoms with Gasteiger partial charge in [-0.05, 0) is 26.0 Å². The summed E-state index contributed by atoms with van der Waals surface area (Å²) in [6.07, 6.45) is 3.20. The number of allylic oxidation sites excluding steroid dienone is 2. The molecule has 0 fully saturated rings. The van der Waals surface area contributed by atoms with Crippen molar-refractivity contribution in [3.63, 3.8) is 0 Å². The molecular weight excluding hydrogens is 140 g/mol. The van der Waals surface area contributed by atoms with Gasteiger partial charge in [-0.2, -0.15) is 5.10 Å². The molecule has 0 aliphatic rings. The fraction of sp³-hybridized carbons (Fsp3) is 0.250. The van der Waals surface area contributed by atoms with Crippen LogP contribution < -0.4 is 0 Å². The van der Waals surface area contributed by atoms with Gasteiger partial charge in [-0.15, -0.1) is 0 Å². The number of carbonyl (C=O) groups is 1. The van der Waals surface area contributed by atoms with Crippen molar-refractivity contribution in [1.29, 1.82) is 0 Å². The Labute approximate surface area is 65.1 Å². The van der Waals surface area contributed by atoms with Crippen LogP contribution in [0.5, 0.6) is 0 Å². The van der Waals surface area contributed by atoms with Gasteiger partial charge in [0.25, 0.3) is 0 Å². The average Bonchev–Trinajstić information content (AvgIpc) is 2.36. The molecule has 3 heteroatoms. The number of nitrogens with zero attached hydrogens (tertiary/aromatic N) is 1. The first-order chi connectivity index (χ1) is 5.24. The first kappa shape index (κ1) is 7.72. The Morgan fingerprint density at radius 1 is 1.73 bits per heavy atom. The van der Waals surface area contributed by atoms with Gasteiger partial charge in [-0.1, -0.05) is 6.08 Å². The molecule has 0 aliphatic carbocycles. The topological polar surface area (TPSA) is 45.8 Å². The zero-order valence-electron chi connectivity index (χ0n) is 6.59. The molecule has 11 heavy (non-hydrogen) atoms. The van der Waals surface area contributed by atoms with Crippen LogP contribution >= 0.6 is 0 Å². The molecule has 3 nitrogen and oxygen atoms in total. The normalized spacial score (nSPS) is 10.7. The predicted octanol–water partition coefficient (Wildman–Crippen LogP) is 1.48. The van der Waals surface area contributed by atoms with Gasteiger partial charge < -0.3 is 0 Å². The van der Waals surface area contributed by atoms with Gasteiger partial charge in [-0.25, -0.2) is 0 Å². The molecule has 0 spiro atoms. The van der Waals surface area contributed by atoms with Crippen LogP contribution in [0.25, 0.3) is 0 Å². The summed E-state index contributed by atoms with van der Waals surface area (Å²) >= 11 is 0. The minimum Gasteiger partial charge on any atom is -0.287 e. The number of carbonyl (C=O) groups excluding carboxylic acids is 1. The summed E-state index contributed by atoms with van der Waals surface area (Å²) in [5.41, 5.74) is 1.37. The van der Waals surface area contributed by atoms with Crippen molar-refractivity contribution >= 4 is 5.78 Å². The summed E-state index contributed by atoms with van der Waals surface area (Å²) < 4.78 is 0. The maximum atomic E-state index is 11.1. The van der Waals surface area contributed by atoms with Crippen LogP contribution in [0.15, 0.2) is 18.2 Å². The molecule has 0 bridgehead atoms. The van der Waals surface area contributed by atoms with Crippen molar-refractivity contribution in [3.8, 4) is 0 Å². The first-order valence-electron chi connectivity index (χ1n) is 3.43. The molecule has 0 aromatic carbocycles. The largest absolute Gasteiger partial charge is 0.287 e. The van der Waals surface area contributed by atoms with E-state index in [2.05, 4.69) is 10.2 Å². The minimum atomic E-state index is -0.0585. The van der Waals surface area contributed by atoms with Crippen molar-refractivity contribution in [2.24, 2.45) is 0 Å². The molecule has 0 saturated heterocycles. The number of aromatic amines is 1. The van der Waals surface area contributed by atoms with E-state index in [1.54, 1.807) is 19.1 Å². The second kappa shape index (κ2) is 3.14. The lowest BCUT2D eigenvalue weighted by molar-refractivity contribution is 0.104. The number of aromatic nitrogens is 2. The van der Waals surface area contributed by atoms with Gasteiger partial charge in [-0.3, -0.25) is 9.89 Å². The lowest BCUT2D eigenvalue weighted by Gasteiger charge is -1.82. The molecule has 0 unspecified atom stereocenters. The number of nitrogens with one attached hydrogen (secondary N) is 1. The van der Waals surface area contributed by atoms with E-state index in [0.717, 1.165) is 5.69 Å². The van der Waals surface area contributed by atoms with Crippen molar-refractivity contribution in [2.75, 3.05) is 0 Å². The van der Waals surface area contributed by atoms with Crippen molar-refractivity contribution in [1.82, 2.24) is 10.2 Å². The summed E-state index contributed by atoms with van der Waals surface area (Å²) in [5.74, 6) is -0.0585. The Bertz CT molecular complexity index is 286. The maximum Gasteiger partial charge on any atom is 0.205 e. The molecule has 1 aromatic heterocycles. The molecule has 1 rings (SSSR count). The Kier molecular flexibility index (Phi) is 2.21. The SMILES string of the molecule is CC=CC(=O)c1cc(C)[nH]n1. The Balaban J connectivity index is 2.85. The lowest BCUT2D eigenvalue weighted by atomic mass is 10.2. The summed E-state index contributed by atoms with van der Waals surface area (Å²) in [4.78, 5) is 11.1. The molecule has 1 aromatic rings. The van der Waals surface area contributed by atoms with Gasteiger partial charge in [0, 0.05) is 5.69 Å². The van der Waals surface area contributed by atoms with Gasteiger partial charge in [0.15, 0.2) is 0 Å². The minimum absolute atomic E-state index is 0.0585. The van der Waals surface area contributed by atoms with E-state index in [1.807, 2.05) is 6.92 Å². The number of rotatable bonds is 2. The second-order valence-electron chi connectivity index (χ2n) is 2.30. The van der Waals surface area contributed by atoms with E-state index < -0.39 is 0 Å². The standard InChI is InChI=1S/C8H10N2O/c1-3-4-8(11)7-5-6(2)9-10-7/h3-5H,1-2H3,(H,9,10). The van der Waals surface area contributed by atoms with E-state index in [1.165, 1.54) is 6.08 Å². The fourth-order valence-electron chi connectivity index (χ4n) is 0.781. The van der Waals surface area contributed by atoms with Crippen molar-refractivity contribution in [2.45, 2.75) is 13.8 Å². The van der Waals surface area contributed by atoms with Crippen molar-refractivity contribution in [3.05, 3.63) is 29.6 Å². The Morgan fingerprint density at radius 3 is 2.91 bits per heavy atom. The number of hydrogen-bond acceptors (Lipinski definition) is 2. The Hall–Kier alpha value is -1.38. The van der Waals surface area contributed by atoms with Gasteiger partial charge in [0.1, 0.15) is 5.69 Å². The lowest BCUT2D eigenvalue weighted by Crippen LogP contribution is -1.93. The highest BCUT2D eigenvalue weighted by Gasteiger charge is 2.03. The van der Waals surface area contributed by atoms with E-state index >= 15 is 0 Å². The smallest absolute Gasteiger partial charge is 0.205 e. The van der Waals surface area contributed by atoms with Gasteiger partial charge in [0.2, 0.25) is 5.78 Å². The number of ketones is 1. The van der Waals surface area contributed by atoms with E-state index in [0.29, 0.717) is 5.69 Å². The van der Waals surface area contributed by atoms with Crippen LogP contribution in [-0.4, -0.2) is 16.0 Å². The molecule has 0 atom stereocenters. The Morgan fingerprint density at radius 2 is 2.45 bits per heavy atom. The highest BCUT2D eigenvalue weighted by Crippen LogP contribution is 1.99. The van der Waals surface area contributed by atoms with Crippen LogP contribution in [0, 0.1) is 6.92 Å². The summed E-state index contributed by atoms with van der Waals surface area (Å²) in [5, 5.41) is 6.51. The number of H-pyrrole nitrogens is 1. The van der Waals surface area contributed by atoms with Crippen LogP contribution in [0.3, 0.4) is 0 Å². The van der Waals surface area contributed by atoms with E-state index in [4.69, 9.17) is 0 Å². The third-order valence-corrected chi connectivity index (χ3v) is 1.28. The fourth-order valence-corrected chi connectivity index (χ4v) is 0.781. The highest BCUT2D eigenvalue weighted by atomic mass is 16.1. The zero-order chi connectivity index (χ0) is 8.27. The molecule has 58 valence electrons. The van der Waals surface area contributed by atoms with Crippen LogP contribution in [0.1, 0.15) is 23.1 Å². The van der Waals surface area contributed by atoms with E-state index in [9.17, 15) is 4.79 Å². The predicted molar refractivity (Wildman–Crippen MR) is 42.5 cm³/mol. The molecule has 1 N–H and O–H groups in total. The maximum absolute atomic E-state index is 11.1. The third-order valence-electron chi connectivity index (χ3n) is 1.28. The summed E-state index contributed by atoms with van der Waals surface area (Å²) in [6.45, 7) is 3.66. The van der Waals surface area contributed by atoms with Crippen LogP contribution in [-0.2, 0) is 0 Å². The molecule has 1 heterocycles. The van der Waals surface area contributed by atoms with E-state index in [-0.39, 0.29) is 5.78 Å². The van der Waals surface area contributed by atoms with Crippen LogP contribution in [0.2, 0.25) is 0 Å².